The highest BCUT2D eigenvalue weighted by atomic mass is 79.9. The van der Waals surface area contributed by atoms with Gasteiger partial charge in [0, 0.05) is 47.9 Å². The fourth-order valence-corrected chi connectivity index (χ4v) is 7.99. The van der Waals surface area contributed by atoms with Crippen LogP contribution in [0.4, 0.5) is 0 Å². The number of methoxy groups -OCH3 is 2. The molecular formula is C28H42BrN3O4S2. The van der Waals surface area contributed by atoms with E-state index >= 15 is 0 Å². The second-order valence-corrected chi connectivity index (χ2v) is 13.9. The monoisotopic (exact) mass is 627 g/mol. The Balaban J connectivity index is 1.98. The van der Waals surface area contributed by atoms with Crippen molar-refractivity contribution in [2.75, 3.05) is 50.7 Å². The normalized spacial score (nSPS) is 13.4. The first kappa shape index (κ1) is 32.5. The number of amides is 1. The number of rotatable bonds is 18. The Morgan fingerprint density at radius 2 is 1.58 bits per heavy atom. The summed E-state index contributed by atoms with van der Waals surface area (Å²) in [6.45, 7) is 1.24. The van der Waals surface area contributed by atoms with Crippen molar-refractivity contribution in [2.45, 2.75) is 37.2 Å². The molecule has 10 heteroatoms. The minimum atomic E-state index is -2.18. The van der Waals surface area contributed by atoms with Gasteiger partial charge in [-0.3, -0.25) is 9.59 Å². The minimum absolute atomic E-state index is 0.0349. The zero-order valence-corrected chi connectivity index (χ0v) is 25.7. The maximum Gasteiger partial charge on any atom is 0.228 e. The van der Waals surface area contributed by atoms with Gasteiger partial charge in [-0.2, -0.15) is 11.8 Å². The molecule has 4 N–H and O–H groups in total. The highest BCUT2D eigenvalue weighted by Crippen LogP contribution is 2.47. The molecule has 1 unspecified atom stereocenters. The summed E-state index contributed by atoms with van der Waals surface area (Å²) in [4.78, 5) is 26.6. The molecule has 38 heavy (non-hydrogen) atoms. The van der Waals surface area contributed by atoms with Crippen molar-refractivity contribution in [1.82, 2.24) is 10.0 Å². The molecule has 1 atom stereocenters. The lowest BCUT2D eigenvalue weighted by molar-refractivity contribution is -0.120. The number of benzene rings is 2. The molecule has 0 aliphatic heterocycles. The van der Waals surface area contributed by atoms with Crippen molar-refractivity contribution >= 4 is 48.9 Å². The average molecular weight is 629 g/mol. The molecule has 0 saturated carbocycles. The van der Waals surface area contributed by atoms with E-state index in [1.807, 2.05) is 36.4 Å². The van der Waals surface area contributed by atoms with Crippen LogP contribution in [0.2, 0.25) is 0 Å². The number of alkyl halides is 1. The van der Waals surface area contributed by atoms with Crippen LogP contribution in [0.1, 0.15) is 36.8 Å². The van der Waals surface area contributed by atoms with Crippen LogP contribution in [0.15, 0.2) is 48.5 Å². The third kappa shape index (κ3) is 11.6. The Kier molecular flexibility index (Phi) is 15.9. The molecule has 0 radical (unpaired) electrons. The van der Waals surface area contributed by atoms with E-state index in [4.69, 9.17) is 15.2 Å². The topological polar surface area (TPSA) is 103 Å². The fraction of sp³-hybridized carbons (Fsp3) is 0.500. The second-order valence-electron chi connectivity index (χ2n) is 8.84. The zero-order valence-electron chi connectivity index (χ0n) is 22.5. The average Bonchev–Trinajstić information content (AvgIpc) is 2.93. The number of thioether (sulfide) groups is 1. The first-order chi connectivity index (χ1) is 18.5. The SMILES string of the molecule is COc1ccc(CSCCNCC(=O)S(CCN)(Cc2ccc(OC)cc2)NC(=O)CCCCCBr)cc1. The van der Waals surface area contributed by atoms with Crippen LogP contribution in [-0.4, -0.2) is 61.7 Å². The molecule has 0 fully saturated rings. The lowest BCUT2D eigenvalue weighted by Crippen LogP contribution is -2.41. The van der Waals surface area contributed by atoms with E-state index in [0.717, 1.165) is 53.2 Å². The summed E-state index contributed by atoms with van der Waals surface area (Å²) in [7, 11) is 1.11. The number of halogens is 1. The Hall–Kier alpha value is -1.72. The van der Waals surface area contributed by atoms with Gasteiger partial charge in [0.25, 0.3) is 0 Å². The first-order valence-corrected chi connectivity index (χ1v) is 17.1. The van der Waals surface area contributed by atoms with Crippen molar-refractivity contribution in [3.63, 3.8) is 0 Å². The summed E-state index contributed by atoms with van der Waals surface area (Å²) in [6.07, 6.45) is 3.22. The number of nitrogens with two attached hydrogens (primary N) is 1. The van der Waals surface area contributed by atoms with Crippen LogP contribution in [0.25, 0.3) is 0 Å². The number of carbonyl (C=O) groups is 2. The Labute approximate surface area is 242 Å². The minimum Gasteiger partial charge on any atom is -0.497 e. The van der Waals surface area contributed by atoms with E-state index in [0.29, 0.717) is 31.0 Å². The van der Waals surface area contributed by atoms with Crippen molar-refractivity contribution < 1.29 is 19.1 Å². The van der Waals surface area contributed by atoms with E-state index in [-0.39, 0.29) is 17.6 Å². The third-order valence-electron chi connectivity index (χ3n) is 5.94. The van der Waals surface area contributed by atoms with Crippen molar-refractivity contribution in [3.8, 4) is 11.5 Å². The smallest absolute Gasteiger partial charge is 0.228 e. The van der Waals surface area contributed by atoms with E-state index in [1.54, 1.807) is 26.0 Å². The predicted octanol–water partition coefficient (Wildman–Crippen LogP) is 5.00. The summed E-state index contributed by atoms with van der Waals surface area (Å²) in [6, 6.07) is 15.7. The molecular weight excluding hydrogens is 586 g/mol. The number of hydrogen-bond acceptors (Lipinski definition) is 7. The summed E-state index contributed by atoms with van der Waals surface area (Å²) in [5, 5.41) is 4.27. The number of ether oxygens (including phenoxy) is 2. The molecule has 0 aliphatic carbocycles. The Morgan fingerprint density at radius 1 is 0.947 bits per heavy atom. The van der Waals surface area contributed by atoms with Crippen LogP contribution in [0.3, 0.4) is 0 Å². The molecule has 212 valence electrons. The molecule has 0 spiro atoms. The van der Waals surface area contributed by atoms with Gasteiger partial charge in [0.2, 0.25) is 11.0 Å². The third-order valence-corrected chi connectivity index (χ3v) is 10.9. The van der Waals surface area contributed by atoms with Crippen LogP contribution in [-0.2, 0) is 21.1 Å². The predicted molar refractivity (Wildman–Crippen MR) is 166 cm³/mol. The van der Waals surface area contributed by atoms with Gasteiger partial charge in [-0.15, -0.1) is 10.2 Å². The van der Waals surface area contributed by atoms with Gasteiger partial charge in [0.15, 0.2) is 0 Å². The van der Waals surface area contributed by atoms with Gasteiger partial charge in [-0.25, -0.2) is 0 Å². The summed E-state index contributed by atoms with van der Waals surface area (Å²) >= 11 is 5.24. The number of carbonyl (C=O) groups excluding carboxylic acids is 2. The number of unbranched alkanes of at least 4 members (excludes halogenated alkanes) is 2. The zero-order chi connectivity index (χ0) is 27.6. The van der Waals surface area contributed by atoms with Gasteiger partial charge in [0.1, 0.15) is 11.5 Å². The molecule has 0 aromatic heterocycles. The van der Waals surface area contributed by atoms with Gasteiger partial charge < -0.3 is 25.2 Å². The van der Waals surface area contributed by atoms with Crippen LogP contribution in [0.5, 0.6) is 11.5 Å². The van der Waals surface area contributed by atoms with E-state index < -0.39 is 10.2 Å². The number of hydrogen-bond donors (Lipinski definition) is 3. The van der Waals surface area contributed by atoms with Crippen LogP contribution < -0.4 is 25.2 Å². The van der Waals surface area contributed by atoms with Crippen LogP contribution in [0, 0.1) is 0 Å². The van der Waals surface area contributed by atoms with Crippen molar-refractivity contribution in [3.05, 3.63) is 59.7 Å². The van der Waals surface area contributed by atoms with E-state index in [1.165, 1.54) is 5.56 Å². The van der Waals surface area contributed by atoms with Gasteiger partial charge in [0.05, 0.1) is 20.8 Å². The fourth-order valence-electron chi connectivity index (χ4n) is 3.83. The summed E-state index contributed by atoms with van der Waals surface area (Å²) in [5.41, 5.74) is 8.21. The molecule has 7 nitrogen and oxygen atoms in total. The molecule has 0 aliphatic rings. The lowest BCUT2D eigenvalue weighted by Gasteiger charge is -2.39. The standard InChI is InChI=1S/C28H42BrN3O4S2/c1-35-25-11-7-23(8-12-25)21-37-18-17-31-20-28(34)38(19-16-30,32-27(33)6-4-3-5-15-29)22-24-9-13-26(36-2)14-10-24/h7-14,31H,3-6,15-22,30H2,1-2H3,(H,32,33). The molecule has 0 saturated heterocycles. The highest BCUT2D eigenvalue weighted by Gasteiger charge is 2.33. The molecule has 2 rings (SSSR count). The molecule has 0 heterocycles. The molecule has 2 aromatic carbocycles. The summed E-state index contributed by atoms with van der Waals surface area (Å²) < 4.78 is 13.7. The maximum atomic E-state index is 13.7. The van der Waals surface area contributed by atoms with Gasteiger partial charge >= 0.3 is 0 Å². The Bertz CT molecular complexity index is 964. The quantitative estimate of drug-likeness (QED) is 0.158. The van der Waals surface area contributed by atoms with Gasteiger partial charge in [-0.05, 0) is 48.2 Å². The van der Waals surface area contributed by atoms with Crippen LogP contribution >= 0.6 is 37.9 Å². The lowest BCUT2D eigenvalue weighted by atomic mass is 10.2. The van der Waals surface area contributed by atoms with Crippen molar-refractivity contribution in [1.29, 1.82) is 0 Å². The largest absolute Gasteiger partial charge is 0.497 e. The molecule has 1 amide bonds. The Morgan fingerprint density at radius 3 is 2.16 bits per heavy atom. The van der Waals surface area contributed by atoms with Crippen molar-refractivity contribution in [2.24, 2.45) is 5.73 Å². The second kappa shape index (κ2) is 18.5. The van der Waals surface area contributed by atoms with Gasteiger partial charge in [-0.1, -0.05) is 46.6 Å². The van der Waals surface area contributed by atoms with E-state index in [2.05, 4.69) is 38.1 Å². The molecule has 0 bridgehead atoms. The molecule has 2 aromatic rings. The highest BCUT2D eigenvalue weighted by molar-refractivity contribution is 9.09. The maximum absolute atomic E-state index is 13.7. The first-order valence-electron chi connectivity index (χ1n) is 12.9. The number of nitrogens with one attached hydrogen (secondary N) is 2. The summed E-state index contributed by atoms with van der Waals surface area (Å²) in [5.74, 6) is 4.22. The van der Waals surface area contributed by atoms with E-state index in [9.17, 15) is 9.59 Å².